The quantitative estimate of drug-likeness (QED) is 0.497. The number of hydrogen-bond donors (Lipinski definition) is 0. The number of likely N-dealkylation sites (tertiary alicyclic amines) is 1. The maximum Gasteiger partial charge on any atom is 0.0514 e. The van der Waals surface area contributed by atoms with E-state index in [0.717, 1.165) is 0 Å². The highest BCUT2D eigenvalue weighted by atomic mass is 28.3. The minimum Gasteiger partial charge on any atom is -0.303 e. The van der Waals surface area contributed by atoms with Crippen LogP contribution in [0.2, 0.25) is 25.2 Å². The Bertz CT molecular complexity index is 217. The Balaban J connectivity index is 2.15. The van der Waals surface area contributed by atoms with Crippen LogP contribution in [0.4, 0.5) is 0 Å². The molecule has 0 radical (unpaired) electrons. The van der Waals surface area contributed by atoms with Gasteiger partial charge in [0, 0.05) is 0 Å². The summed E-state index contributed by atoms with van der Waals surface area (Å²) in [7, 11) is -0.977. The van der Waals surface area contributed by atoms with Crippen molar-refractivity contribution >= 4 is 8.07 Å². The first-order valence-corrected chi connectivity index (χ1v) is 10.3. The summed E-state index contributed by atoms with van der Waals surface area (Å²) in [5.41, 5.74) is 1.38. The molecule has 16 heavy (non-hydrogen) atoms. The van der Waals surface area contributed by atoms with Crippen molar-refractivity contribution in [2.45, 2.75) is 57.8 Å². The molecule has 1 aliphatic rings. The Hall–Kier alpha value is -0.0831. The van der Waals surface area contributed by atoms with Crippen molar-refractivity contribution < 1.29 is 0 Å². The van der Waals surface area contributed by atoms with E-state index in [1.807, 2.05) is 0 Å². The molecule has 1 aliphatic heterocycles. The minimum absolute atomic E-state index is 0.977. The molecule has 0 unspecified atom stereocenters. The monoisotopic (exact) mass is 239 g/mol. The van der Waals surface area contributed by atoms with E-state index in [-0.39, 0.29) is 0 Å². The van der Waals surface area contributed by atoms with E-state index in [1.165, 1.54) is 63.0 Å². The zero-order valence-electron chi connectivity index (χ0n) is 11.5. The molecule has 0 saturated carbocycles. The predicted octanol–water partition coefficient (Wildman–Crippen LogP) is 4.15. The average molecular weight is 239 g/mol. The molecule has 0 aromatic rings. The molecule has 0 amide bonds. The topological polar surface area (TPSA) is 3.24 Å². The van der Waals surface area contributed by atoms with E-state index >= 15 is 0 Å². The third-order valence-electron chi connectivity index (χ3n) is 3.56. The fourth-order valence-electron chi connectivity index (χ4n) is 2.87. The van der Waals surface area contributed by atoms with E-state index in [4.69, 9.17) is 0 Å². The Kier molecular flexibility index (Phi) is 5.77. The van der Waals surface area contributed by atoms with Crippen LogP contribution in [-0.4, -0.2) is 32.6 Å². The zero-order valence-corrected chi connectivity index (χ0v) is 12.5. The zero-order chi connectivity index (χ0) is 12.0. The Morgan fingerprint density at radius 2 is 1.81 bits per heavy atom. The number of nitrogens with zero attached hydrogens (tertiary/aromatic N) is 1. The van der Waals surface area contributed by atoms with E-state index < -0.39 is 8.07 Å². The molecule has 1 fully saturated rings. The van der Waals surface area contributed by atoms with Gasteiger partial charge in [-0.3, -0.25) is 0 Å². The molecule has 0 aromatic carbocycles. The van der Waals surface area contributed by atoms with Gasteiger partial charge in [0.1, 0.15) is 0 Å². The summed E-state index contributed by atoms with van der Waals surface area (Å²) in [5.74, 6) is 0. The van der Waals surface area contributed by atoms with Crippen molar-refractivity contribution in [3.05, 3.63) is 12.2 Å². The molecule has 2 heteroatoms. The number of rotatable bonds is 6. The summed E-state index contributed by atoms with van der Waals surface area (Å²) in [6.07, 6.45) is 5.71. The maximum absolute atomic E-state index is 4.06. The average Bonchev–Trinajstić information content (AvgIpc) is 2.16. The molecule has 0 N–H and O–H groups in total. The summed E-state index contributed by atoms with van der Waals surface area (Å²) in [6.45, 7) is 15.3. The Morgan fingerprint density at radius 1 is 1.19 bits per heavy atom. The molecule has 94 valence electrons. The van der Waals surface area contributed by atoms with Gasteiger partial charge in [0.15, 0.2) is 0 Å². The van der Waals surface area contributed by atoms with Gasteiger partial charge in [-0.1, -0.05) is 31.1 Å². The molecule has 0 atom stereocenters. The van der Waals surface area contributed by atoms with Crippen LogP contribution in [0.25, 0.3) is 0 Å². The van der Waals surface area contributed by atoms with Crippen molar-refractivity contribution in [3.8, 4) is 0 Å². The van der Waals surface area contributed by atoms with Crippen LogP contribution in [0.3, 0.4) is 0 Å². The lowest BCUT2D eigenvalue weighted by Gasteiger charge is -2.28. The van der Waals surface area contributed by atoms with Gasteiger partial charge in [0.2, 0.25) is 0 Å². The summed E-state index contributed by atoms with van der Waals surface area (Å²) in [4.78, 5) is 2.66. The number of allylic oxidation sites excluding steroid dienone is 1. The fraction of sp³-hybridized carbons (Fsp3) is 0.857. The van der Waals surface area contributed by atoms with Crippen LogP contribution in [0.5, 0.6) is 0 Å². The molecule has 0 aromatic heterocycles. The van der Waals surface area contributed by atoms with Crippen molar-refractivity contribution in [1.82, 2.24) is 4.90 Å². The summed E-state index contributed by atoms with van der Waals surface area (Å²) in [5, 5.41) is 0. The lowest BCUT2D eigenvalue weighted by molar-refractivity contribution is 0.229. The third-order valence-corrected chi connectivity index (χ3v) is 6.82. The summed E-state index contributed by atoms with van der Waals surface area (Å²) < 4.78 is 0. The van der Waals surface area contributed by atoms with Gasteiger partial charge in [-0.15, -0.1) is 6.58 Å². The highest BCUT2D eigenvalue weighted by molar-refractivity contribution is 6.77. The van der Waals surface area contributed by atoms with Crippen LogP contribution in [0, 0.1) is 0 Å². The number of hydrogen-bond acceptors (Lipinski definition) is 1. The highest BCUT2D eigenvalue weighted by Gasteiger charge is 2.20. The first kappa shape index (κ1) is 14.0. The van der Waals surface area contributed by atoms with Crippen LogP contribution in [-0.2, 0) is 0 Å². The van der Waals surface area contributed by atoms with Gasteiger partial charge >= 0.3 is 0 Å². The number of piperidine rings is 1. The van der Waals surface area contributed by atoms with E-state index in [0.29, 0.717) is 0 Å². The molecular weight excluding hydrogens is 210 g/mol. The molecule has 1 saturated heterocycles. The van der Waals surface area contributed by atoms with E-state index in [1.54, 1.807) is 0 Å². The van der Waals surface area contributed by atoms with Crippen molar-refractivity contribution in [1.29, 1.82) is 0 Å². The first-order valence-electron chi connectivity index (χ1n) is 6.86. The van der Waals surface area contributed by atoms with Crippen molar-refractivity contribution in [3.63, 3.8) is 0 Å². The summed E-state index contributed by atoms with van der Waals surface area (Å²) >= 11 is 0. The lowest BCUT2D eigenvalue weighted by atomic mass is 10.1. The highest BCUT2D eigenvalue weighted by Crippen LogP contribution is 2.22. The third kappa shape index (κ3) is 5.85. The first-order chi connectivity index (χ1) is 7.49. The minimum atomic E-state index is -0.977. The lowest BCUT2D eigenvalue weighted by Crippen LogP contribution is -2.32. The van der Waals surface area contributed by atoms with Crippen molar-refractivity contribution in [2.24, 2.45) is 0 Å². The Labute approximate surface area is 103 Å². The van der Waals surface area contributed by atoms with Gasteiger partial charge < -0.3 is 4.90 Å². The second-order valence-electron chi connectivity index (χ2n) is 6.30. The largest absolute Gasteiger partial charge is 0.303 e. The van der Waals surface area contributed by atoms with Gasteiger partial charge in [-0.05, 0) is 51.9 Å². The molecule has 0 bridgehead atoms. The van der Waals surface area contributed by atoms with Crippen LogP contribution in [0.15, 0.2) is 12.2 Å². The van der Waals surface area contributed by atoms with Gasteiger partial charge in [0.25, 0.3) is 0 Å². The SMILES string of the molecule is C=C(C)C[Si](C)(C)CCCN1CCCCC1. The second kappa shape index (κ2) is 6.60. The fourth-order valence-corrected chi connectivity index (χ4v) is 5.80. The van der Waals surface area contributed by atoms with Gasteiger partial charge in [-0.25, -0.2) is 0 Å². The molecule has 1 nitrogen and oxygen atoms in total. The normalized spacial score (nSPS) is 18.7. The predicted molar refractivity (Wildman–Crippen MR) is 76.8 cm³/mol. The molecule has 1 rings (SSSR count). The van der Waals surface area contributed by atoms with Crippen LogP contribution >= 0.6 is 0 Å². The molecular formula is C14H29NSi. The molecule has 0 aliphatic carbocycles. The molecule has 1 heterocycles. The Morgan fingerprint density at radius 3 is 2.38 bits per heavy atom. The van der Waals surface area contributed by atoms with E-state index in [2.05, 4.69) is 31.5 Å². The van der Waals surface area contributed by atoms with Crippen LogP contribution < -0.4 is 0 Å². The summed E-state index contributed by atoms with van der Waals surface area (Å²) in [6, 6.07) is 2.78. The van der Waals surface area contributed by atoms with Crippen molar-refractivity contribution in [2.75, 3.05) is 19.6 Å². The van der Waals surface area contributed by atoms with E-state index in [9.17, 15) is 0 Å². The molecule has 0 spiro atoms. The maximum atomic E-state index is 4.06. The van der Waals surface area contributed by atoms with Gasteiger partial charge in [-0.2, -0.15) is 0 Å². The van der Waals surface area contributed by atoms with Gasteiger partial charge in [0.05, 0.1) is 8.07 Å². The second-order valence-corrected chi connectivity index (χ2v) is 11.5. The standard InChI is InChI=1S/C14H29NSi/c1-14(2)13-16(3,4)12-8-11-15-9-6-5-7-10-15/h1,5-13H2,2-4H3. The smallest absolute Gasteiger partial charge is 0.0514 e. The van der Waals surface area contributed by atoms with Crippen LogP contribution in [0.1, 0.15) is 32.6 Å².